The highest BCUT2D eigenvalue weighted by Crippen LogP contribution is 2.28. The summed E-state index contributed by atoms with van der Waals surface area (Å²) in [5.74, 6) is 8.18. The van der Waals surface area contributed by atoms with Crippen molar-refractivity contribution in [3.05, 3.63) is 12.7 Å². The third kappa shape index (κ3) is 3.68. The molecule has 0 N–H and O–H groups in total. The Hall–Kier alpha value is -0.700. The summed E-state index contributed by atoms with van der Waals surface area (Å²) in [6.07, 6.45) is 9.46. The molecule has 0 saturated heterocycles. The molecule has 0 heterocycles. The predicted molar refractivity (Wildman–Crippen MR) is 58.3 cm³/mol. The van der Waals surface area contributed by atoms with E-state index in [1.54, 1.807) is 0 Å². The van der Waals surface area contributed by atoms with E-state index in [1.807, 2.05) is 6.08 Å². The van der Waals surface area contributed by atoms with E-state index in [9.17, 15) is 0 Å². The quantitative estimate of drug-likeness (QED) is 0.341. The molecule has 0 aromatic rings. The Bertz CT molecular complexity index is 204. The topological polar surface area (TPSA) is 0 Å². The maximum Gasteiger partial charge on any atom is 0.0228 e. The van der Waals surface area contributed by atoms with Crippen LogP contribution in [0, 0.1) is 23.7 Å². The van der Waals surface area contributed by atoms with Crippen molar-refractivity contribution in [2.24, 2.45) is 11.8 Å². The lowest BCUT2D eigenvalue weighted by Gasteiger charge is -2.24. The summed E-state index contributed by atoms with van der Waals surface area (Å²) in [6.45, 7) is 6.03. The third-order valence-corrected chi connectivity index (χ3v) is 2.87. The molecule has 0 spiro atoms. The summed E-state index contributed by atoms with van der Waals surface area (Å²) in [6, 6.07) is 0. The number of hydrogen-bond acceptors (Lipinski definition) is 0. The standard InChI is InChI=1S/C13H20/c1-3-4-5-6-10-13-11-8-7-9-12(13)2/h3,12-13H,1,4-5,7-9,11H2,2H3/t12-,13-/m1/s1. The van der Waals surface area contributed by atoms with Crippen molar-refractivity contribution in [3.63, 3.8) is 0 Å². The van der Waals surface area contributed by atoms with Gasteiger partial charge in [0.1, 0.15) is 0 Å². The van der Waals surface area contributed by atoms with Gasteiger partial charge in [0.25, 0.3) is 0 Å². The molecule has 1 aliphatic rings. The average Bonchev–Trinajstić information content (AvgIpc) is 2.15. The minimum absolute atomic E-state index is 0.679. The molecule has 2 atom stereocenters. The van der Waals surface area contributed by atoms with Crippen LogP contribution < -0.4 is 0 Å². The molecular weight excluding hydrogens is 156 g/mol. The third-order valence-electron chi connectivity index (χ3n) is 2.87. The minimum atomic E-state index is 0.679. The van der Waals surface area contributed by atoms with Gasteiger partial charge in [0.15, 0.2) is 0 Å². The second-order valence-corrected chi connectivity index (χ2v) is 4.02. The fourth-order valence-electron chi connectivity index (χ4n) is 1.91. The number of hydrogen-bond donors (Lipinski definition) is 0. The first-order valence-electron chi connectivity index (χ1n) is 5.44. The van der Waals surface area contributed by atoms with Crippen LogP contribution in [0.1, 0.15) is 45.4 Å². The predicted octanol–water partition coefficient (Wildman–Crippen LogP) is 3.78. The van der Waals surface area contributed by atoms with Gasteiger partial charge in [-0.05, 0) is 25.2 Å². The second kappa shape index (κ2) is 5.86. The highest BCUT2D eigenvalue weighted by molar-refractivity contribution is 5.06. The number of rotatable bonds is 2. The Morgan fingerprint density at radius 1 is 1.38 bits per heavy atom. The Balaban J connectivity index is 2.31. The van der Waals surface area contributed by atoms with Crippen LogP contribution in [-0.2, 0) is 0 Å². The van der Waals surface area contributed by atoms with Gasteiger partial charge in [-0.2, -0.15) is 0 Å². The van der Waals surface area contributed by atoms with Crippen LogP contribution in [0.2, 0.25) is 0 Å². The zero-order valence-electron chi connectivity index (χ0n) is 8.68. The summed E-state index contributed by atoms with van der Waals surface area (Å²) in [4.78, 5) is 0. The zero-order chi connectivity index (χ0) is 9.52. The van der Waals surface area contributed by atoms with E-state index in [4.69, 9.17) is 0 Å². The van der Waals surface area contributed by atoms with Crippen molar-refractivity contribution in [1.82, 2.24) is 0 Å². The SMILES string of the molecule is C=CCCC#C[C@@H]1CCCC[C@H]1C. The molecule has 72 valence electrons. The van der Waals surface area contributed by atoms with Gasteiger partial charge < -0.3 is 0 Å². The lowest BCUT2D eigenvalue weighted by atomic mass is 9.81. The van der Waals surface area contributed by atoms with E-state index in [1.165, 1.54) is 25.7 Å². The molecule has 0 aromatic carbocycles. The monoisotopic (exact) mass is 176 g/mol. The van der Waals surface area contributed by atoms with Gasteiger partial charge in [0, 0.05) is 12.3 Å². The fraction of sp³-hybridized carbons (Fsp3) is 0.692. The molecule has 1 rings (SSSR count). The second-order valence-electron chi connectivity index (χ2n) is 4.02. The van der Waals surface area contributed by atoms with Crippen molar-refractivity contribution < 1.29 is 0 Å². The first-order chi connectivity index (χ1) is 6.34. The van der Waals surface area contributed by atoms with Gasteiger partial charge in [-0.3, -0.25) is 0 Å². The Morgan fingerprint density at radius 3 is 2.85 bits per heavy atom. The summed E-state index contributed by atoms with van der Waals surface area (Å²) < 4.78 is 0. The van der Waals surface area contributed by atoms with Crippen LogP contribution in [0.5, 0.6) is 0 Å². The van der Waals surface area contributed by atoms with E-state index >= 15 is 0 Å². The summed E-state index contributed by atoms with van der Waals surface area (Å²) >= 11 is 0. The van der Waals surface area contributed by atoms with Crippen molar-refractivity contribution in [1.29, 1.82) is 0 Å². The lowest BCUT2D eigenvalue weighted by molar-refractivity contribution is 0.316. The smallest absolute Gasteiger partial charge is 0.0228 e. The van der Waals surface area contributed by atoms with Gasteiger partial charge in [-0.1, -0.05) is 31.8 Å². The summed E-state index contributed by atoms with van der Waals surface area (Å²) in [7, 11) is 0. The van der Waals surface area contributed by atoms with E-state index in [2.05, 4.69) is 25.3 Å². The van der Waals surface area contributed by atoms with Gasteiger partial charge in [0.2, 0.25) is 0 Å². The van der Waals surface area contributed by atoms with Crippen LogP contribution in [0.4, 0.5) is 0 Å². The first-order valence-corrected chi connectivity index (χ1v) is 5.44. The summed E-state index contributed by atoms with van der Waals surface area (Å²) in [5.41, 5.74) is 0. The van der Waals surface area contributed by atoms with Crippen molar-refractivity contribution >= 4 is 0 Å². The molecule has 0 unspecified atom stereocenters. The Kier molecular flexibility index (Phi) is 4.68. The molecule has 0 radical (unpaired) electrons. The highest BCUT2D eigenvalue weighted by atomic mass is 14.2. The molecule has 0 aliphatic heterocycles. The molecule has 13 heavy (non-hydrogen) atoms. The number of unbranched alkanes of at least 4 members (excludes halogenated alkanes) is 1. The molecule has 0 heteroatoms. The molecule has 0 nitrogen and oxygen atoms in total. The Labute approximate surface area is 82.4 Å². The van der Waals surface area contributed by atoms with Crippen molar-refractivity contribution in [3.8, 4) is 11.8 Å². The minimum Gasteiger partial charge on any atom is -0.103 e. The van der Waals surface area contributed by atoms with Gasteiger partial charge >= 0.3 is 0 Å². The molecule has 0 aromatic heterocycles. The maximum atomic E-state index is 3.69. The van der Waals surface area contributed by atoms with Crippen LogP contribution in [0.25, 0.3) is 0 Å². The van der Waals surface area contributed by atoms with Crippen LogP contribution >= 0.6 is 0 Å². The van der Waals surface area contributed by atoms with Crippen molar-refractivity contribution in [2.75, 3.05) is 0 Å². The van der Waals surface area contributed by atoms with Gasteiger partial charge in [0.05, 0.1) is 0 Å². The largest absolute Gasteiger partial charge is 0.103 e. The average molecular weight is 176 g/mol. The highest BCUT2D eigenvalue weighted by Gasteiger charge is 2.18. The van der Waals surface area contributed by atoms with Gasteiger partial charge in [-0.15, -0.1) is 12.5 Å². The van der Waals surface area contributed by atoms with Crippen LogP contribution in [0.15, 0.2) is 12.7 Å². The molecule has 1 saturated carbocycles. The molecule has 0 amide bonds. The molecule has 0 bridgehead atoms. The first kappa shape index (κ1) is 10.4. The summed E-state index contributed by atoms with van der Waals surface area (Å²) in [5, 5.41) is 0. The van der Waals surface area contributed by atoms with E-state index < -0.39 is 0 Å². The maximum absolute atomic E-state index is 3.69. The normalized spacial score (nSPS) is 27.5. The van der Waals surface area contributed by atoms with E-state index in [-0.39, 0.29) is 0 Å². The Morgan fingerprint density at radius 2 is 2.15 bits per heavy atom. The number of allylic oxidation sites excluding steroid dienone is 1. The van der Waals surface area contributed by atoms with Crippen LogP contribution in [0.3, 0.4) is 0 Å². The van der Waals surface area contributed by atoms with E-state index in [0.717, 1.165) is 18.8 Å². The van der Waals surface area contributed by atoms with Crippen molar-refractivity contribution in [2.45, 2.75) is 45.4 Å². The zero-order valence-corrected chi connectivity index (χ0v) is 8.68. The molecule has 1 aliphatic carbocycles. The molecular formula is C13H20. The van der Waals surface area contributed by atoms with E-state index in [0.29, 0.717) is 5.92 Å². The lowest BCUT2D eigenvalue weighted by Crippen LogP contribution is -2.14. The van der Waals surface area contributed by atoms with Gasteiger partial charge in [-0.25, -0.2) is 0 Å². The molecule has 1 fully saturated rings. The van der Waals surface area contributed by atoms with Crippen LogP contribution in [-0.4, -0.2) is 0 Å². The fourth-order valence-corrected chi connectivity index (χ4v) is 1.91.